The van der Waals surface area contributed by atoms with E-state index in [1.165, 1.54) is 14.0 Å². The lowest BCUT2D eigenvalue weighted by Crippen LogP contribution is -2.46. The third kappa shape index (κ3) is 1.94. The number of aromatic hydroxyl groups is 1. The molecular formula is C11H13N3O5. The van der Waals surface area contributed by atoms with Crippen LogP contribution >= 0.6 is 0 Å². The van der Waals surface area contributed by atoms with Gasteiger partial charge in [0.25, 0.3) is 11.5 Å². The first-order chi connectivity index (χ1) is 8.84. The van der Waals surface area contributed by atoms with Crippen LogP contribution in [0.2, 0.25) is 0 Å². The molecule has 8 nitrogen and oxygen atoms in total. The molecule has 0 bridgehead atoms. The Balaban J connectivity index is 2.58. The Morgan fingerprint density at radius 1 is 1.26 bits per heavy atom. The molecule has 1 aliphatic rings. The Morgan fingerprint density at radius 2 is 1.89 bits per heavy atom. The van der Waals surface area contributed by atoms with Gasteiger partial charge in [0, 0.05) is 13.5 Å². The second kappa shape index (κ2) is 4.38. The van der Waals surface area contributed by atoms with Crippen LogP contribution < -0.4 is 11.2 Å². The van der Waals surface area contributed by atoms with Crippen LogP contribution in [0, 0.1) is 6.92 Å². The number of H-pyrrole nitrogens is 1. The van der Waals surface area contributed by atoms with E-state index in [-0.39, 0.29) is 24.3 Å². The zero-order valence-corrected chi connectivity index (χ0v) is 10.5. The van der Waals surface area contributed by atoms with Crippen molar-refractivity contribution in [1.29, 1.82) is 0 Å². The van der Waals surface area contributed by atoms with Crippen molar-refractivity contribution in [3.05, 3.63) is 26.4 Å². The summed E-state index contributed by atoms with van der Waals surface area (Å²) >= 11 is 0. The van der Waals surface area contributed by atoms with Gasteiger partial charge in [-0.05, 0) is 13.3 Å². The quantitative estimate of drug-likeness (QED) is 0.625. The molecule has 2 N–H and O–H groups in total. The number of likely N-dealkylation sites (tertiary alicyclic amines) is 1. The zero-order valence-electron chi connectivity index (χ0n) is 10.5. The fraction of sp³-hybridized carbons (Fsp3) is 0.455. The monoisotopic (exact) mass is 267 g/mol. The maximum absolute atomic E-state index is 12.0. The molecular weight excluding hydrogens is 254 g/mol. The molecule has 1 aromatic rings. The van der Waals surface area contributed by atoms with Crippen molar-refractivity contribution in [2.45, 2.75) is 25.8 Å². The molecule has 1 atom stereocenters. The molecule has 2 heterocycles. The molecule has 0 aliphatic carbocycles. The van der Waals surface area contributed by atoms with Crippen molar-refractivity contribution >= 4 is 11.8 Å². The number of amides is 2. The number of piperidine rings is 1. The molecule has 1 fully saturated rings. The van der Waals surface area contributed by atoms with Crippen LogP contribution in [-0.2, 0) is 9.59 Å². The first-order valence-electron chi connectivity index (χ1n) is 5.69. The van der Waals surface area contributed by atoms with Gasteiger partial charge in [0.2, 0.25) is 11.8 Å². The van der Waals surface area contributed by atoms with E-state index < -0.39 is 29.1 Å². The number of rotatable bonds is 1. The van der Waals surface area contributed by atoms with Crippen molar-refractivity contribution < 1.29 is 14.7 Å². The molecule has 2 amide bonds. The standard InChI is InChI=1S/C11H13N3O5/c1-5-8(16)12-11(19)14(9(5)17)6-3-4-7(15)13(2)10(6)18/h6,17H,3-4H2,1-2H3,(H,12,16,19). The van der Waals surface area contributed by atoms with Crippen molar-refractivity contribution in [1.82, 2.24) is 14.5 Å². The number of nitrogens with one attached hydrogen (secondary N) is 1. The van der Waals surface area contributed by atoms with Crippen molar-refractivity contribution in [3.63, 3.8) is 0 Å². The summed E-state index contributed by atoms with van der Waals surface area (Å²) in [5.74, 6) is -1.47. The van der Waals surface area contributed by atoms with Gasteiger partial charge in [0.05, 0.1) is 5.56 Å². The van der Waals surface area contributed by atoms with Gasteiger partial charge in [-0.3, -0.25) is 28.8 Å². The summed E-state index contributed by atoms with van der Waals surface area (Å²) in [5, 5.41) is 9.87. The largest absolute Gasteiger partial charge is 0.494 e. The van der Waals surface area contributed by atoms with Crippen LogP contribution in [0.3, 0.4) is 0 Å². The smallest absolute Gasteiger partial charge is 0.331 e. The van der Waals surface area contributed by atoms with Gasteiger partial charge >= 0.3 is 5.69 Å². The second-order valence-corrected chi connectivity index (χ2v) is 4.42. The molecule has 0 spiro atoms. The lowest BCUT2D eigenvalue weighted by atomic mass is 10.0. The highest BCUT2D eigenvalue weighted by Crippen LogP contribution is 2.25. The van der Waals surface area contributed by atoms with Crippen LogP contribution in [0.25, 0.3) is 0 Å². The minimum atomic E-state index is -0.981. The Morgan fingerprint density at radius 3 is 2.53 bits per heavy atom. The number of nitrogens with zero attached hydrogens (tertiary/aromatic N) is 2. The minimum Gasteiger partial charge on any atom is -0.494 e. The van der Waals surface area contributed by atoms with Crippen molar-refractivity contribution in [2.24, 2.45) is 0 Å². The number of hydrogen-bond donors (Lipinski definition) is 2. The molecule has 1 aromatic heterocycles. The Bertz CT molecular complexity index is 672. The molecule has 19 heavy (non-hydrogen) atoms. The molecule has 8 heteroatoms. The van der Waals surface area contributed by atoms with E-state index in [0.717, 1.165) is 9.47 Å². The molecule has 2 rings (SSSR count). The van der Waals surface area contributed by atoms with Crippen LogP contribution in [0.5, 0.6) is 5.88 Å². The number of carbonyl (C=O) groups excluding carboxylic acids is 2. The van der Waals surface area contributed by atoms with Gasteiger partial charge in [-0.1, -0.05) is 0 Å². The number of imide groups is 1. The van der Waals surface area contributed by atoms with Crippen molar-refractivity contribution in [3.8, 4) is 5.88 Å². The molecule has 1 aliphatic heterocycles. The minimum absolute atomic E-state index is 0.0491. The Hall–Kier alpha value is -2.38. The predicted molar refractivity (Wildman–Crippen MR) is 63.8 cm³/mol. The van der Waals surface area contributed by atoms with Crippen LogP contribution in [0.15, 0.2) is 9.59 Å². The first-order valence-corrected chi connectivity index (χ1v) is 5.69. The molecule has 1 saturated heterocycles. The van der Waals surface area contributed by atoms with Crippen LogP contribution in [0.4, 0.5) is 0 Å². The van der Waals surface area contributed by atoms with Gasteiger partial charge in [-0.2, -0.15) is 0 Å². The van der Waals surface area contributed by atoms with Crippen LogP contribution in [0.1, 0.15) is 24.4 Å². The second-order valence-electron chi connectivity index (χ2n) is 4.42. The van der Waals surface area contributed by atoms with E-state index in [4.69, 9.17) is 0 Å². The lowest BCUT2D eigenvalue weighted by Gasteiger charge is -2.29. The highest BCUT2D eigenvalue weighted by molar-refractivity contribution is 5.99. The van der Waals surface area contributed by atoms with Gasteiger partial charge < -0.3 is 5.11 Å². The Kier molecular flexibility index (Phi) is 3.01. The zero-order chi connectivity index (χ0) is 14.3. The van der Waals surface area contributed by atoms with Crippen LogP contribution in [-0.4, -0.2) is 38.4 Å². The normalized spacial score (nSPS) is 19.9. The van der Waals surface area contributed by atoms with E-state index in [2.05, 4.69) is 0 Å². The van der Waals surface area contributed by atoms with Gasteiger partial charge in [0.15, 0.2) is 0 Å². The number of aromatic nitrogens is 2. The maximum Gasteiger partial charge on any atom is 0.331 e. The summed E-state index contributed by atoms with van der Waals surface area (Å²) in [6.45, 7) is 1.34. The average molecular weight is 267 g/mol. The van der Waals surface area contributed by atoms with E-state index in [1.807, 2.05) is 4.98 Å². The highest BCUT2D eigenvalue weighted by atomic mass is 16.3. The summed E-state index contributed by atoms with van der Waals surface area (Å²) in [5.41, 5.74) is -1.62. The average Bonchev–Trinajstić information content (AvgIpc) is 2.36. The molecule has 0 aromatic carbocycles. The number of likely N-dealkylation sites (N-methyl/N-ethyl adjacent to an activating group) is 1. The molecule has 0 radical (unpaired) electrons. The third-order valence-electron chi connectivity index (χ3n) is 3.28. The van der Waals surface area contributed by atoms with Gasteiger partial charge in [0.1, 0.15) is 6.04 Å². The molecule has 102 valence electrons. The first kappa shape index (κ1) is 13.1. The van der Waals surface area contributed by atoms with E-state index in [1.54, 1.807) is 0 Å². The lowest BCUT2D eigenvalue weighted by molar-refractivity contribution is -0.149. The Labute approximate surface area is 107 Å². The fourth-order valence-corrected chi connectivity index (χ4v) is 2.06. The molecule has 1 unspecified atom stereocenters. The van der Waals surface area contributed by atoms with E-state index >= 15 is 0 Å². The fourth-order valence-electron chi connectivity index (χ4n) is 2.06. The number of carbonyl (C=O) groups is 2. The summed E-state index contributed by atoms with van der Waals surface area (Å²) < 4.78 is 0.821. The number of aromatic amines is 1. The number of hydrogen-bond acceptors (Lipinski definition) is 5. The van der Waals surface area contributed by atoms with E-state index in [9.17, 15) is 24.3 Å². The highest BCUT2D eigenvalue weighted by Gasteiger charge is 2.35. The summed E-state index contributed by atoms with van der Waals surface area (Å²) in [6, 6.07) is -0.981. The van der Waals surface area contributed by atoms with E-state index in [0.29, 0.717) is 0 Å². The topological polar surface area (TPSA) is 112 Å². The summed E-state index contributed by atoms with van der Waals surface area (Å²) in [7, 11) is 1.32. The van der Waals surface area contributed by atoms with Gasteiger partial charge in [-0.25, -0.2) is 4.79 Å². The molecule has 0 saturated carbocycles. The third-order valence-corrected chi connectivity index (χ3v) is 3.28. The SMILES string of the molecule is Cc1c(O)n(C2CCC(=O)N(C)C2=O)c(=O)[nH]c1=O. The summed E-state index contributed by atoms with van der Waals surface area (Å²) in [4.78, 5) is 49.3. The predicted octanol–water partition coefficient (Wildman–Crippen LogP) is -1.13. The summed E-state index contributed by atoms with van der Waals surface area (Å²) in [6.07, 6.45) is 0.206. The van der Waals surface area contributed by atoms with Crippen molar-refractivity contribution in [2.75, 3.05) is 7.05 Å². The van der Waals surface area contributed by atoms with Gasteiger partial charge in [-0.15, -0.1) is 0 Å². The maximum atomic E-state index is 12.0.